The first-order valence-electron chi connectivity index (χ1n) is 5.92. The topological polar surface area (TPSA) is 105 Å². The highest BCUT2D eigenvalue weighted by atomic mass is 32.2. The number of aryl methyl sites for hydroxylation is 1. The van der Waals surface area contributed by atoms with Gasteiger partial charge in [0.15, 0.2) is 0 Å². The zero-order valence-electron chi connectivity index (χ0n) is 10.9. The maximum atomic E-state index is 11.9. The number of nitrogens with one attached hydrogen (secondary N) is 2. The van der Waals surface area contributed by atoms with Crippen LogP contribution in [0.4, 0.5) is 0 Å². The van der Waals surface area contributed by atoms with Gasteiger partial charge in [0.25, 0.3) is 5.91 Å². The molecule has 0 saturated carbocycles. The van der Waals surface area contributed by atoms with Crippen molar-refractivity contribution in [1.29, 1.82) is 0 Å². The van der Waals surface area contributed by atoms with Gasteiger partial charge in [0.2, 0.25) is 10.0 Å². The molecule has 6 nitrogen and oxygen atoms in total. The van der Waals surface area contributed by atoms with Crippen LogP contribution in [0.25, 0.3) is 0 Å². The largest absolute Gasteiger partial charge is 0.365 e. The minimum absolute atomic E-state index is 0.0501. The molecule has 7 heteroatoms. The van der Waals surface area contributed by atoms with Crippen LogP contribution in [0.1, 0.15) is 21.6 Å². The summed E-state index contributed by atoms with van der Waals surface area (Å²) in [5.41, 5.74) is 2.18. The second-order valence-electron chi connectivity index (χ2n) is 4.39. The molecular weight excluding hydrogens is 278 g/mol. The predicted octanol–water partition coefficient (Wildman–Crippen LogP) is 0.901. The SMILES string of the molecule is Cc1[nH]ccc1C(=O)NCc1ccc(S(N)(=O)=O)cc1. The Balaban J connectivity index is 2.02. The standard InChI is InChI=1S/C13H15N3O3S/c1-9-12(6-7-15-9)13(17)16-8-10-2-4-11(5-3-10)20(14,18)19/h2-7,15H,8H2,1H3,(H,16,17)(H2,14,18,19). The fraction of sp³-hybridized carbons (Fsp3) is 0.154. The van der Waals surface area contributed by atoms with Gasteiger partial charge in [-0.05, 0) is 30.7 Å². The average molecular weight is 293 g/mol. The summed E-state index contributed by atoms with van der Waals surface area (Å²) < 4.78 is 22.2. The molecule has 0 radical (unpaired) electrons. The Morgan fingerprint density at radius 2 is 1.90 bits per heavy atom. The van der Waals surface area contributed by atoms with Gasteiger partial charge >= 0.3 is 0 Å². The second-order valence-corrected chi connectivity index (χ2v) is 5.95. The molecule has 0 spiro atoms. The second kappa shape index (κ2) is 5.48. The lowest BCUT2D eigenvalue weighted by molar-refractivity contribution is 0.0950. The molecule has 1 amide bonds. The third kappa shape index (κ3) is 3.25. The quantitative estimate of drug-likeness (QED) is 0.780. The van der Waals surface area contributed by atoms with Crippen molar-refractivity contribution in [2.45, 2.75) is 18.4 Å². The molecule has 0 atom stereocenters. The van der Waals surface area contributed by atoms with Crippen molar-refractivity contribution in [3.05, 3.63) is 53.3 Å². The highest BCUT2D eigenvalue weighted by Gasteiger charge is 2.10. The maximum absolute atomic E-state index is 11.9. The Bertz CT molecular complexity index is 718. The number of rotatable bonds is 4. The summed E-state index contributed by atoms with van der Waals surface area (Å²) in [5, 5.41) is 7.77. The highest BCUT2D eigenvalue weighted by molar-refractivity contribution is 7.89. The van der Waals surface area contributed by atoms with Gasteiger partial charge in [0.05, 0.1) is 10.5 Å². The van der Waals surface area contributed by atoms with E-state index in [0.29, 0.717) is 12.1 Å². The first-order chi connectivity index (χ1) is 9.38. The number of primary sulfonamides is 1. The van der Waals surface area contributed by atoms with Crippen LogP contribution in [0.2, 0.25) is 0 Å². The van der Waals surface area contributed by atoms with Crippen LogP contribution in [-0.2, 0) is 16.6 Å². The molecule has 0 unspecified atom stereocenters. The Hall–Kier alpha value is -2.12. The summed E-state index contributed by atoms with van der Waals surface area (Å²) in [4.78, 5) is 14.9. The molecule has 0 aliphatic rings. The van der Waals surface area contributed by atoms with Crippen molar-refractivity contribution in [2.75, 3.05) is 0 Å². The molecule has 1 heterocycles. The van der Waals surface area contributed by atoms with E-state index in [1.54, 1.807) is 24.4 Å². The van der Waals surface area contributed by atoms with Gasteiger partial charge in [-0.25, -0.2) is 13.6 Å². The number of aromatic amines is 1. The van der Waals surface area contributed by atoms with Crippen molar-refractivity contribution in [1.82, 2.24) is 10.3 Å². The minimum atomic E-state index is -3.68. The van der Waals surface area contributed by atoms with Crippen molar-refractivity contribution in [3.63, 3.8) is 0 Å². The normalized spacial score (nSPS) is 11.3. The van der Waals surface area contributed by atoms with Crippen molar-refractivity contribution in [2.24, 2.45) is 5.14 Å². The van der Waals surface area contributed by atoms with Crippen LogP contribution in [0.15, 0.2) is 41.4 Å². The summed E-state index contributed by atoms with van der Waals surface area (Å²) in [7, 11) is -3.68. The fourth-order valence-corrected chi connectivity index (χ4v) is 2.29. The zero-order chi connectivity index (χ0) is 14.8. The molecule has 1 aromatic carbocycles. The first-order valence-corrected chi connectivity index (χ1v) is 7.46. The van der Waals surface area contributed by atoms with Gasteiger partial charge in [-0.3, -0.25) is 4.79 Å². The van der Waals surface area contributed by atoms with Crippen LogP contribution < -0.4 is 10.5 Å². The van der Waals surface area contributed by atoms with E-state index in [-0.39, 0.29) is 10.8 Å². The van der Waals surface area contributed by atoms with E-state index in [4.69, 9.17) is 5.14 Å². The number of benzene rings is 1. The Morgan fingerprint density at radius 1 is 1.25 bits per heavy atom. The number of hydrogen-bond acceptors (Lipinski definition) is 3. The molecule has 0 saturated heterocycles. The summed E-state index contributed by atoms with van der Waals surface area (Å²) in [6, 6.07) is 7.76. The van der Waals surface area contributed by atoms with Crippen LogP contribution >= 0.6 is 0 Å². The third-order valence-corrected chi connectivity index (χ3v) is 3.83. The Morgan fingerprint density at radius 3 is 2.40 bits per heavy atom. The molecule has 20 heavy (non-hydrogen) atoms. The smallest absolute Gasteiger partial charge is 0.253 e. The summed E-state index contributed by atoms with van der Waals surface area (Å²) in [6.45, 7) is 2.13. The maximum Gasteiger partial charge on any atom is 0.253 e. The zero-order valence-corrected chi connectivity index (χ0v) is 11.7. The van der Waals surface area contributed by atoms with Gasteiger partial charge in [0.1, 0.15) is 0 Å². The number of carbonyl (C=O) groups is 1. The van der Waals surface area contributed by atoms with Gasteiger partial charge in [-0.1, -0.05) is 12.1 Å². The Kier molecular flexibility index (Phi) is 3.91. The van der Waals surface area contributed by atoms with Gasteiger partial charge in [-0.2, -0.15) is 0 Å². The lowest BCUT2D eigenvalue weighted by Crippen LogP contribution is -2.23. The van der Waals surface area contributed by atoms with E-state index < -0.39 is 10.0 Å². The van der Waals surface area contributed by atoms with Crippen molar-refractivity contribution in [3.8, 4) is 0 Å². The van der Waals surface area contributed by atoms with E-state index in [1.165, 1.54) is 12.1 Å². The number of nitrogens with two attached hydrogens (primary N) is 1. The van der Waals surface area contributed by atoms with Crippen LogP contribution in [-0.4, -0.2) is 19.3 Å². The summed E-state index contributed by atoms with van der Waals surface area (Å²) in [6.07, 6.45) is 1.70. The molecule has 106 valence electrons. The molecule has 0 aliphatic carbocycles. The minimum Gasteiger partial charge on any atom is -0.365 e. The van der Waals surface area contributed by atoms with Gasteiger partial charge in [0, 0.05) is 18.4 Å². The summed E-state index contributed by atoms with van der Waals surface area (Å²) in [5.74, 6) is -0.181. The number of amides is 1. The Labute approximate surface area is 117 Å². The van der Waals surface area contributed by atoms with E-state index in [1.807, 2.05) is 6.92 Å². The van der Waals surface area contributed by atoms with Gasteiger partial charge < -0.3 is 10.3 Å². The molecule has 2 aromatic rings. The molecule has 4 N–H and O–H groups in total. The monoisotopic (exact) mass is 293 g/mol. The van der Waals surface area contributed by atoms with Gasteiger partial charge in [-0.15, -0.1) is 0 Å². The number of hydrogen-bond donors (Lipinski definition) is 3. The average Bonchev–Trinajstić information content (AvgIpc) is 2.82. The van der Waals surface area contributed by atoms with E-state index in [9.17, 15) is 13.2 Å². The molecular formula is C13H15N3O3S. The highest BCUT2D eigenvalue weighted by Crippen LogP contribution is 2.09. The molecule has 0 fully saturated rings. The molecule has 1 aromatic heterocycles. The lowest BCUT2D eigenvalue weighted by atomic mass is 10.2. The number of aromatic nitrogens is 1. The van der Waals surface area contributed by atoms with Crippen LogP contribution in [0, 0.1) is 6.92 Å². The number of H-pyrrole nitrogens is 1. The number of sulfonamides is 1. The molecule has 2 rings (SSSR count). The van der Waals surface area contributed by atoms with Crippen LogP contribution in [0.3, 0.4) is 0 Å². The summed E-state index contributed by atoms with van der Waals surface area (Å²) >= 11 is 0. The van der Waals surface area contributed by atoms with Crippen molar-refractivity contribution >= 4 is 15.9 Å². The van der Waals surface area contributed by atoms with Crippen molar-refractivity contribution < 1.29 is 13.2 Å². The third-order valence-electron chi connectivity index (χ3n) is 2.90. The van der Waals surface area contributed by atoms with E-state index >= 15 is 0 Å². The predicted molar refractivity (Wildman–Crippen MR) is 74.5 cm³/mol. The lowest BCUT2D eigenvalue weighted by Gasteiger charge is -2.06. The van der Waals surface area contributed by atoms with E-state index in [2.05, 4.69) is 10.3 Å². The first kappa shape index (κ1) is 14.3. The number of carbonyl (C=O) groups excluding carboxylic acids is 1. The van der Waals surface area contributed by atoms with E-state index in [0.717, 1.165) is 11.3 Å². The van der Waals surface area contributed by atoms with Crippen LogP contribution in [0.5, 0.6) is 0 Å². The molecule has 0 bridgehead atoms. The fourth-order valence-electron chi connectivity index (χ4n) is 1.77. The molecule has 0 aliphatic heterocycles.